The minimum absolute atomic E-state index is 0. The van der Waals surface area contributed by atoms with Crippen LogP contribution in [0.2, 0.25) is 5.02 Å². The predicted molar refractivity (Wildman–Crippen MR) is 90.6 cm³/mol. The van der Waals surface area contributed by atoms with Crippen LogP contribution < -0.4 is 16.2 Å². The molecule has 5 N–H and O–H groups in total. The van der Waals surface area contributed by atoms with E-state index in [1.54, 1.807) is 0 Å². The van der Waals surface area contributed by atoms with Gasteiger partial charge in [-0.1, -0.05) is 31.4 Å². The van der Waals surface area contributed by atoms with Gasteiger partial charge in [-0.15, -0.1) is 12.4 Å². The lowest BCUT2D eigenvalue weighted by atomic mass is 9.74. The molecule has 1 aromatic heterocycles. The first-order valence-electron chi connectivity index (χ1n) is 6.96. The highest BCUT2D eigenvalue weighted by molar-refractivity contribution is 7.89. The summed E-state index contributed by atoms with van der Waals surface area (Å²) in [6.07, 6.45) is 5.03. The lowest BCUT2D eigenvalue weighted by Gasteiger charge is -2.42. The Kier molecular flexibility index (Phi) is 6.46. The molecule has 1 fully saturated rings. The fourth-order valence-electron chi connectivity index (χ4n) is 2.88. The smallest absolute Gasteiger partial charge is 0.244 e. The summed E-state index contributed by atoms with van der Waals surface area (Å²) < 4.78 is 28.0. The largest absolute Gasteiger partial charge is 0.383 e. The van der Waals surface area contributed by atoms with Gasteiger partial charge in [-0.25, -0.2) is 18.1 Å². The molecule has 9 heteroatoms. The molecule has 1 aliphatic rings. The highest BCUT2D eigenvalue weighted by Gasteiger charge is 2.41. The number of hydrogen-bond donors (Lipinski definition) is 3. The van der Waals surface area contributed by atoms with Gasteiger partial charge >= 0.3 is 0 Å². The molecule has 0 aromatic carbocycles. The first-order chi connectivity index (χ1) is 9.81. The molecule has 1 aliphatic carbocycles. The summed E-state index contributed by atoms with van der Waals surface area (Å²) in [4.78, 5) is 3.70. The molecule has 0 spiro atoms. The third-order valence-electron chi connectivity index (χ3n) is 4.29. The number of hydrogen-bond acceptors (Lipinski definition) is 5. The number of pyridine rings is 1. The number of rotatable bonds is 4. The van der Waals surface area contributed by atoms with Crippen LogP contribution in [0.3, 0.4) is 0 Å². The third kappa shape index (κ3) is 3.83. The topological polar surface area (TPSA) is 111 Å². The second-order valence-corrected chi connectivity index (χ2v) is 7.74. The minimum atomic E-state index is -3.82. The van der Waals surface area contributed by atoms with E-state index in [4.69, 9.17) is 23.1 Å². The highest BCUT2D eigenvalue weighted by Crippen LogP contribution is 2.34. The summed E-state index contributed by atoms with van der Waals surface area (Å²) in [6, 6.07) is 1.31. The van der Waals surface area contributed by atoms with Gasteiger partial charge < -0.3 is 11.5 Å². The summed E-state index contributed by atoms with van der Waals surface area (Å²) in [5, 5.41) is 0.225. The van der Waals surface area contributed by atoms with Crippen molar-refractivity contribution in [3.63, 3.8) is 0 Å². The Morgan fingerprint density at radius 1 is 1.50 bits per heavy atom. The molecule has 0 aliphatic heterocycles. The van der Waals surface area contributed by atoms with E-state index in [-0.39, 0.29) is 40.6 Å². The molecule has 0 amide bonds. The fraction of sp³-hybridized carbons (Fsp3) is 0.615. The number of halogens is 2. The molecule has 1 aromatic rings. The van der Waals surface area contributed by atoms with E-state index >= 15 is 0 Å². The summed E-state index contributed by atoms with van der Waals surface area (Å²) in [5.41, 5.74) is 10.9. The quantitative estimate of drug-likeness (QED) is 0.751. The second-order valence-electron chi connectivity index (χ2n) is 5.65. The van der Waals surface area contributed by atoms with Gasteiger partial charge in [0.1, 0.15) is 10.7 Å². The Morgan fingerprint density at radius 2 is 2.18 bits per heavy atom. The maximum Gasteiger partial charge on any atom is 0.244 e. The van der Waals surface area contributed by atoms with Crippen molar-refractivity contribution in [2.45, 2.75) is 43.0 Å². The van der Waals surface area contributed by atoms with E-state index in [0.29, 0.717) is 0 Å². The molecule has 0 radical (unpaired) electrons. The van der Waals surface area contributed by atoms with Crippen LogP contribution in [-0.2, 0) is 10.0 Å². The van der Waals surface area contributed by atoms with Gasteiger partial charge in [0.05, 0.1) is 5.02 Å². The summed E-state index contributed by atoms with van der Waals surface area (Å²) in [7, 11) is -3.82. The van der Waals surface area contributed by atoms with Crippen molar-refractivity contribution < 1.29 is 8.42 Å². The van der Waals surface area contributed by atoms with E-state index in [2.05, 4.69) is 9.71 Å². The van der Waals surface area contributed by atoms with E-state index in [0.717, 1.165) is 25.7 Å². The first-order valence-corrected chi connectivity index (χ1v) is 8.82. The van der Waals surface area contributed by atoms with E-state index in [9.17, 15) is 8.42 Å². The molecule has 0 saturated heterocycles. The monoisotopic (exact) mass is 368 g/mol. The molecule has 126 valence electrons. The first kappa shape index (κ1) is 19.4. The number of sulfonamides is 1. The molecule has 2 unspecified atom stereocenters. The number of nitrogens with one attached hydrogen (secondary N) is 1. The van der Waals surface area contributed by atoms with Crippen LogP contribution in [0, 0.1) is 5.92 Å². The van der Waals surface area contributed by atoms with Crippen LogP contribution in [0.15, 0.2) is 17.2 Å². The highest BCUT2D eigenvalue weighted by atomic mass is 35.5. The van der Waals surface area contributed by atoms with E-state index in [1.165, 1.54) is 12.3 Å². The van der Waals surface area contributed by atoms with Gasteiger partial charge in [-0.3, -0.25) is 0 Å². The molecule has 1 heterocycles. The van der Waals surface area contributed by atoms with Crippen LogP contribution in [-0.4, -0.2) is 25.5 Å². The zero-order chi connectivity index (χ0) is 15.7. The molecule has 0 bridgehead atoms. The maximum absolute atomic E-state index is 12.6. The summed E-state index contributed by atoms with van der Waals surface area (Å²) in [5.74, 6) is 0.0990. The average molecular weight is 369 g/mol. The normalized spacial score (nSPS) is 25.5. The van der Waals surface area contributed by atoms with Crippen molar-refractivity contribution in [2.75, 3.05) is 12.3 Å². The lowest BCUT2D eigenvalue weighted by molar-refractivity contribution is 0.191. The van der Waals surface area contributed by atoms with Crippen molar-refractivity contribution in [3.8, 4) is 0 Å². The van der Waals surface area contributed by atoms with Gasteiger partial charge in [-0.05, 0) is 24.8 Å². The van der Waals surface area contributed by atoms with Gasteiger partial charge in [0.25, 0.3) is 0 Å². The molecule has 2 atom stereocenters. The van der Waals surface area contributed by atoms with Crippen LogP contribution in [0.4, 0.5) is 5.82 Å². The van der Waals surface area contributed by atoms with Gasteiger partial charge in [0.2, 0.25) is 10.0 Å². The van der Waals surface area contributed by atoms with Crippen molar-refractivity contribution in [3.05, 3.63) is 17.3 Å². The lowest BCUT2D eigenvalue weighted by Crippen LogP contribution is -2.59. The third-order valence-corrected chi connectivity index (χ3v) is 6.08. The predicted octanol–water partition coefficient (Wildman–Crippen LogP) is 1.92. The SMILES string of the molecule is CC1CCCCC1(CN)NS(=O)(=O)c1cc(Cl)cnc1N.Cl. The van der Waals surface area contributed by atoms with Crippen molar-refractivity contribution in [1.82, 2.24) is 9.71 Å². The standard InChI is InChI=1S/C13H21ClN4O2S.ClH/c1-9-4-2-3-5-13(9,8-15)18-21(19,20)11-6-10(14)7-17-12(11)16;/h6-7,9,18H,2-5,8,15H2,1H3,(H2,16,17);1H. The Morgan fingerprint density at radius 3 is 2.77 bits per heavy atom. The van der Waals surface area contributed by atoms with Crippen LogP contribution >= 0.6 is 24.0 Å². The summed E-state index contributed by atoms with van der Waals surface area (Å²) >= 11 is 5.83. The molecular formula is C13H22Cl2N4O2S. The van der Waals surface area contributed by atoms with Crippen LogP contribution in [0.25, 0.3) is 0 Å². The van der Waals surface area contributed by atoms with Crippen molar-refractivity contribution in [1.29, 1.82) is 0 Å². The van der Waals surface area contributed by atoms with Crippen LogP contribution in [0.1, 0.15) is 32.6 Å². The fourth-order valence-corrected chi connectivity index (χ4v) is 4.74. The summed E-state index contributed by atoms with van der Waals surface area (Å²) in [6.45, 7) is 2.27. The number of nitrogens with zero attached hydrogens (tertiary/aromatic N) is 1. The second kappa shape index (κ2) is 7.31. The maximum atomic E-state index is 12.6. The van der Waals surface area contributed by atoms with E-state index in [1.807, 2.05) is 6.92 Å². The minimum Gasteiger partial charge on any atom is -0.383 e. The van der Waals surface area contributed by atoms with Gasteiger partial charge in [0, 0.05) is 18.3 Å². The van der Waals surface area contributed by atoms with Crippen LogP contribution in [0.5, 0.6) is 0 Å². The van der Waals surface area contributed by atoms with Crippen molar-refractivity contribution in [2.24, 2.45) is 11.7 Å². The molecular weight excluding hydrogens is 347 g/mol. The Labute approximate surface area is 142 Å². The van der Waals surface area contributed by atoms with Gasteiger partial charge in [0.15, 0.2) is 0 Å². The number of nitrogens with two attached hydrogens (primary N) is 2. The molecule has 1 saturated carbocycles. The average Bonchev–Trinajstić information content (AvgIpc) is 2.44. The zero-order valence-electron chi connectivity index (χ0n) is 12.4. The van der Waals surface area contributed by atoms with Crippen molar-refractivity contribution >= 4 is 39.8 Å². The number of anilines is 1. The number of aromatic nitrogens is 1. The zero-order valence-corrected chi connectivity index (χ0v) is 14.8. The Bertz CT molecular complexity index is 626. The molecule has 22 heavy (non-hydrogen) atoms. The Balaban J connectivity index is 0.00000242. The van der Waals surface area contributed by atoms with Gasteiger partial charge in [-0.2, -0.15) is 0 Å². The molecule has 2 rings (SSSR count). The Hall–Kier alpha value is -0.600. The van der Waals surface area contributed by atoms with E-state index < -0.39 is 15.6 Å². The number of nitrogen functional groups attached to an aromatic ring is 1. The molecule has 6 nitrogen and oxygen atoms in total.